The summed E-state index contributed by atoms with van der Waals surface area (Å²) in [5, 5.41) is 8.82. The van der Waals surface area contributed by atoms with Gasteiger partial charge >= 0.3 is 0 Å². The molecule has 0 N–H and O–H groups in total. The molecule has 102 valence electrons. The zero-order valence-corrected chi connectivity index (χ0v) is 11.6. The highest BCUT2D eigenvalue weighted by Crippen LogP contribution is 2.29. The van der Waals surface area contributed by atoms with Crippen molar-refractivity contribution in [2.75, 3.05) is 26.2 Å². The Bertz CT molecular complexity index is 435. The van der Waals surface area contributed by atoms with E-state index in [1.54, 1.807) is 12.1 Å². The van der Waals surface area contributed by atoms with E-state index < -0.39 is 0 Å². The molecule has 0 radical (unpaired) electrons. The van der Waals surface area contributed by atoms with Gasteiger partial charge in [-0.2, -0.15) is 5.26 Å². The van der Waals surface area contributed by atoms with Gasteiger partial charge in [0.25, 0.3) is 0 Å². The van der Waals surface area contributed by atoms with E-state index in [1.807, 2.05) is 12.1 Å². The summed E-state index contributed by atoms with van der Waals surface area (Å²) in [4.78, 5) is 2.51. The first-order chi connectivity index (χ1) is 9.31. The minimum absolute atomic E-state index is 0.654. The van der Waals surface area contributed by atoms with Crippen LogP contribution in [0.4, 0.5) is 0 Å². The molecule has 0 spiro atoms. The second kappa shape index (κ2) is 7.16. The Labute approximate surface area is 115 Å². The van der Waals surface area contributed by atoms with Crippen molar-refractivity contribution in [3.8, 4) is 11.8 Å². The fraction of sp³-hybridized carbons (Fsp3) is 0.562. The molecule has 0 aromatic heterocycles. The van der Waals surface area contributed by atoms with E-state index >= 15 is 0 Å². The first kappa shape index (κ1) is 13.9. The van der Waals surface area contributed by atoms with Crippen LogP contribution in [-0.2, 0) is 0 Å². The van der Waals surface area contributed by atoms with Gasteiger partial charge in [0, 0.05) is 13.1 Å². The lowest BCUT2D eigenvalue weighted by atomic mass is 10.2. The van der Waals surface area contributed by atoms with Crippen LogP contribution in [0.5, 0.6) is 5.75 Å². The molecule has 1 aliphatic rings. The van der Waals surface area contributed by atoms with Gasteiger partial charge in [0.15, 0.2) is 0 Å². The average molecular weight is 258 g/mol. The lowest BCUT2D eigenvalue weighted by molar-refractivity contribution is 0.235. The standard InChI is InChI=1S/C16H22N2O/c1-2-18(13-14-7-8-14)9-4-10-19-16-6-3-5-15(11-16)12-17/h3,5-6,11,14H,2,4,7-10,13H2,1H3. The molecule has 0 atom stereocenters. The summed E-state index contributed by atoms with van der Waals surface area (Å²) < 4.78 is 5.69. The molecule has 0 bridgehead atoms. The van der Waals surface area contributed by atoms with Crippen LogP contribution in [0.25, 0.3) is 0 Å². The summed E-state index contributed by atoms with van der Waals surface area (Å²) in [6, 6.07) is 9.48. The topological polar surface area (TPSA) is 36.3 Å². The largest absolute Gasteiger partial charge is 0.494 e. The van der Waals surface area contributed by atoms with Crippen molar-refractivity contribution >= 4 is 0 Å². The minimum atomic E-state index is 0.654. The molecule has 0 aliphatic heterocycles. The maximum absolute atomic E-state index is 8.82. The van der Waals surface area contributed by atoms with Crippen LogP contribution in [0.3, 0.4) is 0 Å². The Morgan fingerprint density at radius 3 is 2.95 bits per heavy atom. The van der Waals surface area contributed by atoms with Crippen LogP contribution in [0.2, 0.25) is 0 Å². The van der Waals surface area contributed by atoms with E-state index in [9.17, 15) is 0 Å². The number of nitrogens with zero attached hydrogens (tertiary/aromatic N) is 2. The molecule has 3 nitrogen and oxygen atoms in total. The van der Waals surface area contributed by atoms with Gasteiger partial charge in [-0.25, -0.2) is 0 Å². The molecule has 1 aromatic rings. The highest BCUT2D eigenvalue weighted by Gasteiger charge is 2.23. The predicted octanol–water partition coefficient (Wildman–Crippen LogP) is 3.06. The zero-order valence-electron chi connectivity index (χ0n) is 11.6. The van der Waals surface area contributed by atoms with E-state index in [1.165, 1.54) is 19.4 Å². The molecule has 1 aromatic carbocycles. The first-order valence-corrected chi connectivity index (χ1v) is 7.17. The van der Waals surface area contributed by atoms with Crippen molar-refractivity contribution in [1.82, 2.24) is 4.90 Å². The van der Waals surface area contributed by atoms with Gasteiger partial charge in [-0.05, 0) is 49.9 Å². The Balaban J connectivity index is 1.66. The molecule has 0 heterocycles. The molecule has 19 heavy (non-hydrogen) atoms. The Hall–Kier alpha value is -1.53. The third-order valence-corrected chi connectivity index (χ3v) is 3.51. The molecule has 1 aliphatic carbocycles. The fourth-order valence-electron chi connectivity index (χ4n) is 2.18. The SMILES string of the molecule is CCN(CCCOc1cccc(C#N)c1)CC1CC1. The van der Waals surface area contributed by atoms with Crippen LogP contribution in [0, 0.1) is 17.2 Å². The van der Waals surface area contributed by atoms with Crippen LogP contribution >= 0.6 is 0 Å². The van der Waals surface area contributed by atoms with Crippen molar-refractivity contribution in [2.24, 2.45) is 5.92 Å². The molecule has 2 rings (SSSR count). The molecular formula is C16H22N2O. The van der Waals surface area contributed by atoms with Crippen molar-refractivity contribution in [2.45, 2.75) is 26.2 Å². The van der Waals surface area contributed by atoms with Gasteiger partial charge in [-0.1, -0.05) is 13.0 Å². The van der Waals surface area contributed by atoms with Crippen LogP contribution < -0.4 is 4.74 Å². The number of ether oxygens (including phenoxy) is 1. The van der Waals surface area contributed by atoms with Gasteiger partial charge in [0.1, 0.15) is 5.75 Å². The Morgan fingerprint density at radius 2 is 2.26 bits per heavy atom. The highest BCUT2D eigenvalue weighted by atomic mass is 16.5. The predicted molar refractivity (Wildman–Crippen MR) is 76.1 cm³/mol. The van der Waals surface area contributed by atoms with Crippen molar-refractivity contribution < 1.29 is 4.74 Å². The molecule has 0 saturated heterocycles. The second-order valence-electron chi connectivity index (χ2n) is 5.18. The first-order valence-electron chi connectivity index (χ1n) is 7.17. The van der Waals surface area contributed by atoms with Crippen molar-refractivity contribution in [3.05, 3.63) is 29.8 Å². The van der Waals surface area contributed by atoms with Crippen molar-refractivity contribution in [1.29, 1.82) is 5.26 Å². The van der Waals surface area contributed by atoms with E-state index in [0.29, 0.717) is 5.56 Å². The smallest absolute Gasteiger partial charge is 0.120 e. The number of rotatable bonds is 8. The third kappa shape index (κ3) is 4.92. The Morgan fingerprint density at radius 1 is 1.42 bits per heavy atom. The van der Waals surface area contributed by atoms with Gasteiger partial charge in [0.05, 0.1) is 18.2 Å². The summed E-state index contributed by atoms with van der Waals surface area (Å²) >= 11 is 0. The quantitative estimate of drug-likeness (QED) is 0.672. The van der Waals surface area contributed by atoms with Crippen LogP contribution in [-0.4, -0.2) is 31.1 Å². The van der Waals surface area contributed by atoms with Gasteiger partial charge < -0.3 is 9.64 Å². The van der Waals surface area contributed by atoms with Crippen LogP contribution in [0.1, 0.15) is 31.7 Å². The summed E-state index contributed by atoms with van der Waals surface area (Å²) in [6.07, 6.45) is 3.86. The summed E-state index contributed by atoms with van der Waals surface area (Å²) in [5.74, 6) is 1.75. The van der Waals surface area contributed by atoms with Crippen molar-refractivity contribution in [3.63, 3.8) is 0 Å². The monoisotopic (exact) mass is 258 g/mol. The molecular weight excluding hydrogens is 236 g/mol. The van der Waals surface area contributed by atoms with E-state index in [2.05, 4.69) is 17.9 Å². The normalized spacial score (nSPS) is 14.4. The van der Waals surface area contributed by atoms with Gasteiger partial charge in [-0.15, -0.1) is 0 Å². The molecule has 1 saturated carbocycles. The highest BCUT2D eigenvalue weighted by molar-refractivity contribution is 5.36. The number of hydrogen-bond acceptors (Lipinski definition) is 3. The van der Waals surface area contributed by atoms with E-state index in [4.69, 9.17) is 10.00 Å². The lowest BCUT2D eigenvalue weighted by Gasteiger charge is -2.20. The summed E-state index contributed by atoms with van der Waals surface area (Å²) in [5.41, 5.74) is 0.654. The van der Waals surface area contributed by atoms with Crippen LogP contribution in [0.15, 0.2) is 24.3 Å². The maximum atomic E-state index is 8.82. The fourth-order valence-corrected chi connectivity index (χ4v) is 2.18. The van der Waals surface area contributed by atoms with E-state index in [0.717, 1.165) is 37.8 Å². The zero-order chi connectivity index (χ0) is 13.5. The molecule has 3 heteroatoms. The second-order valence-corrected chi connectivity index (χ2v) is 5.18. The van der Waals surface area contributed by atoms with Gasteiger partial charge in [0.2, 0.25) is 0 Å². The van der Waals surface area contributed by atoms with Gasteiger partial charge in [-0.3, -0.25) is 0 Å². The number of nitriles is 1. The molecule has 1 fully saturated rings. The molecule has 0 amide bonds. The molecule has 0 unspecified atom stereocenters. The lowest BCUT2D eigenvalue weighted by Crippen LogP contribution is -2.27. The van der Waals surface area contributed by atoms with E-state index in [-0.39, 0.29) is 0 Å². The number of benzene rings is 1. The minimum Gasteiger partial charge on any atom is -0.494 e. The maximum Gasteiger partial charge on any atom is 0.120 e. The third-order valence-electron chi connectivity index (χ3n) is 3.51. The summed E-state index contributed by atoms with van der Waals surface area (Å²) in [6.45, 7) is 6.42. The Kier molecular flexibility index (Phi) is 5.23. The number of hydrogen-bond donors (Lipinski definition) is 0. The summed E-state index contributed by atoms with van der Waals surface area (Å²) in [7, 11) is 0. The average Bonchev–Trinajstić information content (AvgIpc) is 3.26.